The smallest absolute Gasteiger partial charge is 0.335 e. The summed E-state index contributed by atoms with van der Waals surface area (Å²) in [5.74, 6) is -1.79. The first-order chi connectivity index (χ1) is 40.7. The third-order valence-corrected chi connectivity index (χ3v) is 23.7. The first kappa shape index (κ1) is 68.1. The van der Waals surface area contributed by atoms with Gasteiger partial charge in [-0.1, -0.05) is 60.1 Å². The number of hydrogen-bond acceptors (Lipinski definition) is 26. The Hall–Kier alpha value is -1.79. The van der Waals surface area contributed by atoms with Crippen molar-refractivity contribution in [2.24, 2.45) is 50.2 Å². The molecule has 0 aromatic rings. The number of ether oxygens (including phenoxy) is 10. The highest BCUT2D eigenvalue weighted by Gasteiger charge is 2.71. The van der Waals surface area contributed by atoms with Gasteiger partial charge in [0.1, 0.15) is 104 Å². The third-order valence-electron chi connectivity index (χ3n) is 23.7. The minimum absolute atomic E-state index is 0.0103. The Balaban J connectivity index is 0.905. The van der Waals surface area contributed by atoms with Crippen molar-refractivity contribution in [1.29, 1.82) is 0 Å². The van der Waals surface area contributed by atoms with E-state index in [0.29, 0.717) is 38.5 Å². The van der Waals surface area contributed by atoms with Gasteiger partial charge in [0, 0.05) is 10.8 Å². The Bertz CT molecular complexity index is 2440. The summed E-state index contributed by atoms with van der Waals surface area (Å²) in [4.78, 5) is 12.7. The Morgan fingerprint density at radius 2 is 0.977 bits per heavy atom. The second-order valence-corrected chi connectivity index (χ2v) is 29.2. The predicted molar refractivity (Wildman–Crippen MR) is 294 cm³/mol. The molecule has 35 atom stereocenters. The number of aliphatic hydroxyl groups excluding tert-OH is 15. The van der Waals surface area contributed by atoms with Crippen LogP contribution in [0.4, 0.5) is 0 Å². The summed E-state index contributed by atoms with van der Waals surface area (Å²) in [6, 6.07) is 0. The van der Waals surface area contributed by atoms with Gasteiger partial charge in [0.05, 0.1) is 44.2 Å². The van der Waals surface area contributed by atoms with Gasteiger partial charge in [-0.05, 0) is 111 Å². The summed E-state index contributed by atoms with van der Waals surface area (Å²) in [5.41, 5.74) is -1.60. The van der Waals surface area contributed by atoms with E-state index in [-0.39, 0.29) is 40.6 Å². The number of hydrogen-bond donors (Lipinski definition) is 16. The molecule has 0 aromatic heterocycles. The van der Waals surface area contributed by atoms with Crippen LogP contribution in [-0.2, 0) is 52.2 Å². The van der Waals surface area contributed by atoms with Crippen LogP contribution in [0.3, 0.4) is 0 Å². The molecule has 5 aliphatic carbocycles. The van der Waals surface area contributed by atoms with Crippen LogP contribution in [0.25, 0.3) is 0 Å². The summed E-state index contributed by atoms with van der Waals surface area (Å²) < 4.78 is 61.6. The van der Waals surface area contributed by atoms with Crippen molar-refractivity contribution in [3.63, 3.8) is 0 Å². The quantitative estimate of drug-likeness (QED) is 0.0625. The number of rotatable bonds is 14. The van der Waals surface area contributed by atoms with Gasteiger partial charge in [-0.3, -0.25) is 0 Å². The number of carbonyl (C=O) groups is 1. The number of allylic oxidation sites excluding steroid dienone is 2. The Kier molecular flexibility index (Phi) is 19.4. The molecular formula is C60H98O27. The summed E-state index contributed by atoms with van der Waals surface area (Å²) in [6.07, 6.45) is -35.0. The van der Waals surface area contributed by atoms with Crippen LogP contribution in [0.1, 0.15) is 120 Å². The maximum atomic E-state index is 12.7. The molecule has 16 N–H and O–H groups in total. The summed E-state index contributed by atoms with van der Waals surface area (Å²) in [7, 11) is 0. The SMILES string of the molecule is C[C@@H]1O[C@@H](O[C@H]2[C@H](O[C@H]3[C@H](O[C@H]4CC[C@@]5(C)[C@@H](CC[C@]6(C)[C@@H]5CC=C5[C@@H]7CC(C)(C)C[C@@H](O[C@@H]8O[C@H](CO)[C@@H](O)[C@H](O)[C@H]8O[C@@H]8O[C@@H](C)[C@H](O)[C@@H](O)[C@H]8O)[C@]7(C)CC[C@]56C)[C@@]4(C)CO)O[C@H](C(=O)O)[C@@H](O)[C@@H]3O)O[C@H](CO)[C@H](O)[C@@H]2O)[C@H](O)[C@H](O)[C@H]1O. The van der Waals surface area contributed by atoms with Gasteiger partial charge in [0.15, 0.2) is 37.6 Å². The second-order valence-electron chi connectivity index (χ2n) is 29.2. The Labute approximate surface area is 506 Å². The van der Waals surface area contributed by atoms with Crippen molar-refractivity contribution < 1.29 is 134 Å². The van der Waals surface area contributed by atoms with Crippen LogP contribution in [-0.4, -0.2) is 273 Å². The molecule has 0 spiro atoms. The van der Waals surface area contributed by atoms with Crippen LogP contribution >= 0.6 is 0 Å². The largest absolute Gasteiger partial charge is 0.479 e. The highest BCUT2D eigenvalue weighted by atomic mass is 16.8. The molecule has 4 saturated carbocycles. The molecule has 5 saturated heterocycles. The summed E-state index contributed by atoms with van der Waals surface area (Å²) >= 11 is 0. The standard InChI is InChI=1S/C60H98O27/c1-23-33(64)37(68)43(74)50(78-23)85-46-39(70)35(66)27(20-61)80-52(46)83-32-19-55(3,4)18-26-25-10-11-30-57(6)14-13-31(58(7,22-63)29(57)12-15-60(30,9)59(25,8)17-16-56(26,32)5)82-54-48(42(73)41(72)45(84-54)49(76)77)87-53-47(40(71)36(67)28(21-62)81-53)86-51-44(75)38(69)34(65)24(2)79-51/h10,23-24,26-48,50-54,61-75H,11-22H2,1-9H3,(H,76,77)/t23-,24-,26-,27+,28+,29+,30+,31-,32+,33-,34-,35+,36-,37+,38+,39-,40-,41-,42-,43+,44+,45-,46+,47+,48+,50-,51-,52-,53-,54+,56+,57-,58+,59+,60+/m0/s1. The van der Waals surface area contributed by atoms with Crippen LogP contribution in [0.2, 0.25) is 0 Å². The Morgan fingerprint density at radius 1 is 0.494 bits per heavy atom. The van der Waals surface area contributed by atoms with E-state index >= 15 is 0 Å². The monoisotopic (exact) mass is 1250 g/mol. The number of aliphatic carboxylic acids is 1. The van der Waals surface area contributed by atoms with E-state index in [1.165, 1.54) is 19.4 Å². The van der Waals surface area contributed by atoms with Gasteiger partial charge in [-0.2, -0.15) is 0 Å². The maximum Gasteiger partial charge on any atom is 0.335 e. The fourth-order valence-electron chi connectivity index (χ4n) is 18.0. The minimum atomic E-state index is -2.13. The van der Waals surface area contributed by atoms with E-state index in [1.54, 1.807) is 0 Å². The van der Waals surface area contributed by atoms with Gasteiger partial charge in [-0.15, -0.1) is 0 Å². The fraction of sp³-hybridized carbons (Fsp3) is 0.950. The van der Waals surface area contributed by atoms with E-state index in [1.807, 2.05) is 6.92 Å². The average molecular weight is 1250 g/mol. The van der Waals surface area contributed by atoms with Gasteiger partial charge >= 0.3 is 5.97 Å². The predicted octanol–water partition coefficient (Wildman–Crippen LogP) is -2.62. The van der Waals surface area contributed by atoms with Crippen molar-refractivity contribution in [2.45, 2.75) is 286 Å². The zero-order chi connectivity index (χ0) is 63.7. The molecule has 27 nitrogen and oxygen atoms in total. The van der Waals surface area contributed by atoms with Gasteiger partial charge in [-0.25, -0.2) is 4.79 Å². The number of fused-ring (bicyclic) bond motifs is 7. The minimum Gasteiger partial charge on any atom is -0.479 e. The van der Waals surface area contributed by atoms with E-state index in [4.69, 9.17) is 47.4 Å². The number of aliphatic hydroxyl groups is 15. The zero-order valence-electron chi connectivity index (χ0n) is 51.0. The van der Waals surface area contributed by atoms with Gasteiger partial charge < -0.3 is 129 Å². The van der Waals surface area contributed by atoms with Crippen LogP contribution in [0, 0.1) is 50.2 Å². The van der Waals surface area contributed by atoms with Gasteiger partial charge in [0.2, 0.25) is 0 Å². The first-order valence-corrected chi connectivity index (χ1v) is 31.1. The molecule has 0 aromatic carbocycles. The number of carboxylic acids is 1. The molecule has 500 valence electrons. The lowest BCUT2D eigenvalue weighted by Crippen LogP contribution is -2.68. The molecule has 10 rings (SSSR count). The molecule has 0 unspecified atom stereocenters. The van der Waals surface area contributed by atoms with Gasteiger partial charge in [0.25, 0.3) is 0 Å². The van der Waals surface area contributed by atoms with E-state index in [2.05, 4.69) is 47.6 Å². The van der Waals surface area contributed by atoms with Crippen molar-refractivity contribution in [2.75, 3.05) is 19.8 Å². The molecule has 9 fully saturated rings. The molecule has 0 radical (unpaired) electrons. The van der Waals surface area contributed by atoms with Crippen molar-refractivity contribution in [3.05, 3.63) is 11.6 Å². The first-order valence-electron chi connectivity index (χ1n) is 31.1. The highest BCUT2D eigenvalue weighted by Crippen LogP contribution is 2.76. The molecule has 5 aliphatic heterocycles. The Morgan fingerprint density at radius 3 is 1.48 bits per heavy atom. The lowest BCUT2D eigenvalue weighted by atomic mass is 9.33. The van der Waals surface area contributed by atoms with E-state index in [9.17, 15) is 86.5 Å². The zero-order valence-corrected chi connectivity index (χ0v) is 51.0. The molecule has 27 heteroatoms. The van der Waals surface area contributed by atoms with Crippen LogP contribution in [0.15, 0.2) is 11.6 Å². The van der Waals surface area contributed by atoms with Crippen LogP contribution in [0.5, 0.6) is 0 Å². The third kappa shape index (κ3) is 11.3. The average Bonchev–Trinajstić information content (AvgIpc) is 0.680. The summed E-state index contributed by atoms with van der Waals surface area (Å²) in [5, 5.41) is 174. The lowest BCUT2D eigenvalue weighted by molar-refractivity contribution is -0.396. The van der Waals surface area contributed by atoms with Crippen molar-refractivity contribution in [1.82, 2.24) is 0 Å². The maximum absolute atomic E-state index is 12.7. The normalized spacial score (nSPS) is 56.0. The van der Waals surface area contributed by atoms with E-state index in [0.717, 1.165) is 19.3 Å². The van der Waals surface area contributed by atoms with Crippen molar-refractivity contribution >= 4 is 5.97 Å². The molecule has 87 heavy (non-hydrogen) atoms. The molecule has 10 aliphatic rings. The number of carboxylic acid groups (broad SMARTS) is 1. The fourth-order valence-corrected chi connectivity index (χ4v) is 18.0. The molecule has 5 heterocycles. The summed E-state index contributed by atoms with van der Waals surface area (Å²) in [6.45, 7) is 16.5. The van der Waals surface area contributed by atoms with Crippen LogP contribution < -0.4 is 0 Å². The molecule has 0 amide bonds. The van der Waals surface area contributed by atoms with Crippen molar-refractivity contribution in [3.8, 4) is 0 Å². The topological polar surface area (TPSA) is 433 Å². The lowest BCUT2D eigenvalue weighted by Gasteiger charge is -2.72. The molecular weight excluding hydrogens is 1150 g/mol. The highest BCUT2D eigenvalue weighted by molar-refractivity contribution is 5.73. The second kappa shape index (κ2) is 24.8. The van der Waals surface area contributed by atoms with E-state index < -0.39 is 201 Å². The molecule has 0 bridgehead atoms.